The third-order valence-electron chi connectivity index (χ3n) is 3.28. The number of carbonyl (C=O) groups excluding carboxylic acids is 2. The molecule has 0 aliphatic heterocycles. The lowest BCUT2D eigenvalue weighted by Crippen LogP contribution is -2.33. The Balaban J connectivity index is -0.000000321. The summed E-state index contributed by atoms with van der Waals surface area (Å²) >= 11 is 4.64. The maximum absolute atomic E-state index is 10.7. The number of amides is 1. The molecule has 0 rings (SSSR count). The van der Waals surface area contributed by atoms with Gasteiger partial charge in [0, 0.05) is 26.2 Å². The summed E-state index contributed by atoms with van der Waals surface area (Å²) in [6.07, 6.45) is 2.09. The standard InChI is InChI=1S/C9H18N2O.C6H16N2.C3H2ClO/c1-4-9(12)10-7-8-11(5-2)6-3;1-3-8(4-2)6-5-7;1-2-3(4)5/h4H,1,5-8H2,2-3H3,(H,10,12);3-7H2,1-2H3;1-2H/q;;+1. The molecule has 7 heteroatoms. The molecule has 0 fully saturated rings. The molecule has 25 heavy (non-hydrogen) atoms. The van der Waals surface area contributed by atoms with Crippen molar-refractivity contribution in [3.05, 3.63) is 25.3 Å². The van der Waals surface area contributed by atoms with Crippen LogP contribution in [0.25, 0.3) is 0 Å². The van der Waals surface area contributed by atoms with Crippen LogP contribution in [0.5, 0.6) is 0 Å². The van der Waals surface area contributed by atoms with Crippen LogP contribution in [-0.4, -0.2) is 73.3 Å². The van der Waals surface area contributed by atoms with Gasteiger partial charge in [0.1, 0.15) is 0 Å². The van der Waals surface area contributed by atoms with Crippen LogP contribution in [0.15, 0.2) is 18.7 Å². The third-order valence-corrected chi connectivity index (χ3v) is 3.40. The minimum absolute atomic E-state index is 0.0952. The Morgan fingerprint density at radius 3 is 1.72 bits per heavy atom. The molecule has 0 radical (unpaired) electrons. The second kappa shape index (κ2) is 22.7. The van der Waals surface area contributed by atoms with Gasteiger partial charge in [0.15, 0.2) is 0 Å². The highest BCUT2D eigenvalue weighted by atomic mass is 35.5. The zero-order valence-electron chi connectivity index (χ0n) is 16.3. The van der Waals surface area contributed by atoms with Crippen molar-refractivity contribution in [3.63, 3.8) is 0 Å². The molecule has 6 nitrogen and oxygen atoms in total. The van der Waals surface area contributed by atoms with Gasteiger partial charge in [0.25, 0.3) is 0 Å². The van der Waals surface area contributed by atoms with Gasteiger partial charge in [-0.15, -0.1) is 0 Å². The summed E-state index contributed by atoms with van der Waals surface area (Å²) in [4.78, 5) is 24.7. The van der Waals surface area contributed by atoms with E-state index in [0.29, 0.717) is 6.54 Å². The summed E-state index contributed by atoms with van der Waals surface area (Å²) in [5, 5.41) is 2.11. The van der Waals surface area contributed by atoms with Crippen molar-refractivity contribution in [1.82, 2.24) is 15.1 Å². The Kier molecular flexibility index (Phi) is 25.9. The van der Waals surface area contributed by atoms with E-state index < -0.39 is 5.24 Å². The maximum Gasteiger partial charge on any atom is 0.399 e. The predicted molar refractivity (Wildman–Crippen MR) is 108 cm³/mol. The zero-order chi connectivity index (χ0) is 20.1. The van der Waals surface area contributed by atoms with E-state index in [1.807, 2.05) is 0 Å². The van der Waals surface area contributed by atoms with Gasteiger partial charge >= 0.3 is 5.24 Å². The molecule has 0 atom stereocenters. The molecule has 1 amide bonds. The smallest absolute Gasteiger partial charge is 0.351 e. The minimum atomic E-state index is -0.620. The first-order chi connectivity index (χ1) is 11.9. The van der Waals surface area contributed by atoms with E-state index in [-0.39, 0.29) is 5.91 Å². The van der Waals surface area contributed by atoms with Gasteiger partial charge in [0.2, 0.25) is 12.0 Å². The number of carbonyl (C=O) groups is 2. The third kappa shape index (κ3) is 25.1. The van der Waals surface area contributed by atoms with Crippen molar-refractivity contribution in [2.75, 3.05) is 52.4 Å². The lowest BCUT2D eigenvalue weighted by atomic mass is 10.4. The van der Waals surface area contributed by atoms with Crippen molar-refractivity contribution in [1.29, 1.82) is 0 Å². The maximum atomic E-state index is 10.7. The SMILES string of the molecule is C=CC(=O)NCCN(CC)CC.CCN(CC)CCN.[CH+]=CC(=O)Cl. The van der Waals surface area contributed by atoms with E-state index in [1.165, 1.54) is 6.08 Å². The Bertz CT molecular complexity index is 344. The fourth-order valence-electron chi connectivity index (χ4n) is 1.67. The van der Waals surface area contributed by atoms with E-state index in [1.54, 1.807) is 0 Å². The fraction of sp³-hybridized carbons (Fsp3) is 0.667. The van der Waals surface area contributed by atoms with E-state index >= 15 is 0 Å². The molecule has 0 aromatic carbocycles. The number of nitrogens with two attached hydrogens (primary N) is 1. The van der Waals surface area contributed by atoms with E-state index in [4.69, 9.17) is 5.73 Å². The van der Waals surface area contributed by atoms with Gasteiger partial charge in [-0.25, -0.2) is 0 Å². The number of halogens is 1. The molecule has 0 heterocycles. The molecule has 0 spiro atoms. The second-order valence-corrected chi connectivity index (χ2v) is 5.18. The fourth-order valence-corrected chi connectivity index (χ4v) is 1.67. The number of allylic oxidation sites excluding steroid dienone is 1. The van der Waals surface area contributed by atoms with E-state index in [9.17, 15) is 9.59 Å². The Labute approximate surface area is 159 Å². The van der Waals surface area contributed by atoms with E-state index in [0.717, 1.165) is 51.9 Å². The molecule has 0 saturated heterocycles. The minimum Gasteiger partial charge on any atom is -0.351 e. The normalized spacial score (nSPS) is 9.40. The molecular formula is C18H36ClN4O2+. The molecule has 0 aromatic rings. The first-order valence-corrected chi connectivity index (χ1v) is 9.03. The van der Waals surface area contributed by atoms with Crippen molar-refractivity contribution < 1.29 is 9.59 Å². The summed E-state index contributed by atoms with van der Waals surface area (Å²) in [5.74, 6) is -0.0952. The van der Waals surface area contributed by atoms with Crippen LogP contribution in [0.2, 0.25) is 0 Å². The van der Waals surface area contributed by atoms with Gasteiger partial charge in [-0.3, -0.25) is 4.79 Å². The molecule has 0 aliphatic rings. The number of hydrogen-bond donors (Lipinski definition) is 2. The lowest BCUT2D eigenvalue weighted by molar-refractivity contribution is -0.116. The van der Waals surface area contributed by atoms with Crippen LogP contribution in [0.4, 0.5) is 0 Å². The largest absolute Gasteiger partial charge is 0.399 e. The molecule has 0 unspecified atom stereocenters. The number of nitrogens with zero attached hydrogens (tertiary/aromatic N) is 2. The average molecular weight is 376 g/mol. The number of likely N-dealkylation sites (N-methyl/N-ethyl adjacent to an activating group) is 2. The van der Waals surface area contributed by atoms with Crippen LogP contribution < -0.4 is 11.1 Å². The van der Waals surface area contributed by atoms with Crippen LogP contribution in [0.3, 0.4) is 0 Å². The van der Waals surface area contributed by atoms with Gasteiger partial charge < -0.3 is 20.9 Å². The molecule has 0 aliphatic carbocycles. The number of nitrogens with one attached hydrogen (secondary N) is 1. The topological polar surface area (TPSA) is 78.7 Å². The highest BCUT2D eigenvalue weighted by molar-refractivity contribution is 6.66. The number of hydrogen-bond acceptors (Lipinski definition) is 5. The van der Waals surface area contributed by atoms with Gasteiger partial charge in [-0.05, 0) is 32.3 Å². The Morgan fingerprint density at radius 1 is 1.08 bits per heavy atom. The first-order valence-electron chi connectivity index (χ1n) is 8.65. The van der Waals surface area contributed by atoms with Gasteiger partial charge in [0.05, 0.1) is 18.2 Å². The van der Waals surface area contributed by atoms with Crippen molar-refractivity contribution in [2.45, 2.75) is 27.7 Å². The second-order valence-electron chi connectivity index (χ2n) is 4.81. The average Bonchev–Trinajstić information content (AvgIpc) is 2.63. The highest BCUT2D eigenvalue weighted by Crippen LogP contribution is 1.84. The van der Waals surface area contributed by atoms with E-state index in [2.05, 4.69) is 67.6 Å². The van der Waals surface area contributed by atoms with Crippen LogP contribution >= 0.6 is 11.6 Å². The summed E-state index contributed by atoms with van der Waals surface area (Å²) in [5.41, 5.74) is 5.34. The summed E-state index contributed by atoms with van der Waals surface area (Å²) in [7, 11) is 0. The van der Waals surface area contributed by atoms with Gasteiger partial charge in [-0.1, -0.05) is 34.3 Å². The van der Waals surface area contributed by atoms with Crippen molar-refractivity contribution in [2.24, 2.45) is 5.73 Å². The van der Waals surface area contributed by atoms with Crippen molar-refractivity contribution in [3.8, 4) is 0 Å². The quantitative estimate of drug-likeness (QED) is 0.326. The molecule has 0 bridgehead atoms. The Morgan fingerprint density at radius 2 is 1.48 bits per heavy atom. The monoisotopic (exact) mass is 375 g/mol. The van der Waals surface area contributed by atoms with Crippen LogP contribution in [-0.2, 0) is 9.59 Å². The number of rotatable bonds is 11. The zero-order valence-corrected chi connectivity index (χ0v) is 17.0. The first kappa shape index (κ1) is 28.5. The van der Waals surface area contributed by atoms with Crippen LogP contribution in [0.1, 0.15) is 27.7 Å². The predicted octanol–water partition coefficient (Wildman–Crippen LogP) is 1.66. The van der Waals surface area contributed by atoms with Crippen LogP contribution in [0, 0.1) is 6.58 Å². The summed E-state index contributed by atoms with van der Waals surface area (Å²) in [6, 6.07) is 0. The Hall–Kier alpha value is -1.30. The summed E-state index contributed by atoms with van der Waals surface area (Å²) < 4.78 is 0. The molecular weight excluding hydrogens is 340 g/mol. The molecule has 0 aromatic heterocycles. The summed E-state index contributed by atoms with van der Waals surface area (Å²) in [6.45, 7) is 24.2. The van der Waals surface area contributed by atoms with Crippen molar-refractivity contribution >= 4 is 22.8 Å². The lowest BCUT2D eigenvalue weighted by Gasteiger charge is -2.17. The molecule has 3 N–H and O–H groups in total. The molecule has 146 valence electrons. The highest BCUT2D eigenvalue weighted by Gasteiger charge is 1.98. The van der Waals surface area contributed by atoms with Gasteiger partial charge in [-0.2, -0.15) is 4.79 Å². The molecule has 0 saturated carbocycles.